The molecule has 2 bridgehead atoms. The van der Waals surface area contributed by atoms with Crippen molar-refractivity contribution in [2.45, 2.75) is 135 Å². The summed E-state index contributed by atoms with van der Waals surface area (Å²) in [5, 5.41) is 29.0. The van der Waals surface area contributed by atoms with Crippen LogP contribution in [0.25, 0.3) is 0 Å². The maximum Gasteiger partial charge on any atom is 0.338 e. The fraction of sp³-hybridized carbons (Fsp3) is 0.490. The van der Waals surface area contributed by atoms with Crippen molar-refractivity contribution in [3.8, 4) is 0 Å². The Morgan fingerprint density at radius 2 is 1.39 bits per heavy atom. The van der Waals surface area contributed by atoms with Crippen molar-refractivity contribution in [2.75, 3.05) is 6.61 Å². The third-order valence-electron chi connectivity index (χ3n) is 13.9. The first kappa shape index (κ1) is 48.2. The number of amides is 1. The number of aliphatic hydroxyl groups is 2. The predicted molar refractivity (Wildman–Crippen MR) is 236 cm³/mol. The lowest BCUT2D eigenvalue weighted by molar-refractivity contribution is -0.346. The summed E-state index contributed by atoms with van der Waals surface area (Å²) in [6.45, 7) is 13.4. The van der Waals surface area contributed by atoms with Gasteiger partial charge in [-0.1, -0.05) is 80.6 Å². The summed E-state index contributed by atoms with van der Waals surface area (Å²) in [6, 6.07) is 24.0. The minimum absolute atomic E-state index is 0.0423. The number of ketones is 1. The Morgan fingerprint density at radius 1 is 0.818 bits per heavy atom. The summed E-state index contributed by atoms with van der Waals surface area (Å²) in [5.41, 5.74) is -7.63. The number of carbonyl (C=O) groups excluding carboxylic acids is 6. The molecule has 3 fully saturated rings. The number of fused-ring (bicyclic) bond motifs is 5. The van der Waals surface area contributed by atoms with Gasteiger partial charge in [-0.05, 0) is 75.6 Å². The summed E-state index contributed by atoms with van der Waals surface area (Å²) >= 11 is 0. The van der Waals surface area contributed by atoms with Crippen LogP contribution in [-0.2, 0) is 47.6 Å². The van der Waals surface area contributed by atoms with Crippen LogP contribution in [0.4, 0.5) is 0 Å². The van der Waals surface area contributed by atoms with Crippen molar-refractivity contribution in [1.29, 1.82) is 0 Å². The average molecular weight is 910 g/mol. The lowest BCUT2D eigenvalue weighted by atomic mass is 9.44. The molecule has 3 aliphatic carbocycles. The molecular weight excluding hydrogens is 851 g/mol. The monoisotopic (exact) mass is 909 g/mol. The molecule has 15 nitrogen and oxygen atoms in total. The molecule has 1 saturated heterocycles. The van der Waals surface area contributed by atoms with Crippen molar-refractivity contribution >= 4 is 35.6 Å². The van der Waals surface area contributed by atoms with Crippen LogP contribution in [0.15, 0.2) is 102 Å². The minimum Gasteiger partial charge on any atom is -0.456 e. The van der Waals surface area contributed by atoms with Crippen LogP contribution in [0.5, 0.6) is 0 Å². The van der Waals surface area contributed by atoms with Gasteiger partial charge in [-0.25, -0.2) is 9.59 Å². The first-order valence-electron chi connectivity index (χ1n) is 22.2. The fourth-order valence-corrected chi connectivity index (χ4v) is 10.7. The third-order valence-corrected chi connectivity index (χ3v) is 13.9. The maximum absolute atomic E-state index is 15.7. The van der Waals surface area contributed by atoms with Crippen LogP contribution in [0.2, 0.25) is 0 Å². The molecule has 0 unspecified atom stereocenters. The van der Waals surface area contributed by atoms with Crippen molar-refractivity contribution in [2.24, 2.45) is 16.7 Å². The van der Waals surface area contributed by atoms with Gasteiger partial charge in [-0.3, -0.25) is 19.2 Å². The van der Waals surface area contributed by atoms with E-state index in [9.17, 15) is 29.4 Å². The van der Waals surface area contributed by atoms with Gasteiger partial charge in [-0.2, -0.15) is 0 Å². The van der Waals surface area contributed by atoms with Gasteiger partial charge in [0.25, 0.3) is 5.91 Å². The number of nitrogens with one attached hydrogen (secondary N) is 1. The van der Waals surface area contributed by atoms with E-state index in [2.05, 4.69) is 5.32 Å². The maximum atomic E-state index is 15.7. The highest BCUT2D eigenvalue weighted by Crippen LogP contribution is 2.64. The highest BCUT2D eigenvalue weighted by Gasteiger charge is 2.78. The van der Waals surface area contributed by atoms with Gasteiger partial charge < -0.3 is 44.0 Å². The van der Waals surface area contributed by atoms with Gasteiger partial charge in [0, 0.05) is 37.7 Å². The number of hydrogen-bond acceptors (Lipinski definition) is 14. The molecule has 1 aliphatic heterocycles. The van der Waals surface area contributed by atoms with Crippen molar-refractivity contribution < 1.29 is 67.4 Å². The van der Waals surface area contributed by atoms with Crippen molar-refractivity contribution in [3.63, 3.8) is 0 Å². The fourth-order valence-electron chi connectivity index (χ4n) is 10.7. The van der Waals surface area contributed by atoms with E-state index in [1.807, 2.05) is 0 Å². The molecule has 3 aromatic carbocycles. The van der Waals surface area contributed by atoms with Crippen LogP contribution in [0.3, 0.4) is 0 Å². The standard InChI is InChI=1S/C51H59NO14/c1-28-34(63-46(59)40(66-47(4,5)6)38(31-19-13-10-14-20-31)52-44(57)32-21-15-11-16-22-32)26-51(60)43(64-45(58)33-23-17-12-18-24-33)41-49(9,35(55)25-36-50(41,27-61-36)65-30(3)54)42(56)39(62-29(2)53)37(28)48(51,7)8/h10-24,34-36,38-41,43,55,60H,25-27H2,1-9H3,(H,52,57)/t34-,35-,36+,38-,39+,40+,41-,43-,49+,50-,51+/m0/s1. The second-order valence-electron chi connectivity index (χ2n) is 19.6. The molecular formula is C51H59NO14. The highest BCUT2D eigenvalue weighted by molar-refractivity contribution is 5.96. The van der Waals surface area contributed by atoms with Crippen molar-refractivity contribution in [3.05, 3.63) is 119 Å². The zero-order valence-electron chi connectivity index (χ0n) is 38.7. The number of hydrogen-bond donors (Lipinski definition) is 3. The van der Waals surface area contributed by atoms with Gasteiger partial charge >= 0.3 is 23.9 Å². The zero-order chi connectivity index (χ0) is 48.1. The molecule has 1 amide bonds. The Morgan fingerprint density at radius 3 is 1.92 bits per heavy atom. The Hall–Kier alpha value is -5.74. The van der Waals surface area contributed by atoms with E-state index in [0.717, 1.165) is 6.92 Å². The predicted octanol–water partition coefficient (Wildman–Crippen LogP) is 5.56. The molecule has 0 spiro atoms. The van der Waals surface area contributed by atoms with E-state index in [1.165, 1.54) is 26.0 Å². The van der Waals surface area contributed by atoms with Gasteiger partial charge in [0.1, 0.15) is 23.9 Å². The molecule has 4 aliphatic rings. The molecule has 1 heterocycles. The molecule has 7 rings (SSSR count). The van der Waals surface area contributed by atoms with Crippen LogP contribution >= 0.6 is 0 Å². The summed E-state index contributed by atoms with van der Waals surface area (Å²) in [4.78, 5) is 85.3. The summed E-state index contributed by atoms with van der Waals surface area (Å²) in [5.74, 6) is -6.39. The number of Topliss-reactive ketones (excluding diaryl/α,β-unsaturated/α-hetero) is 1. The number of carbonyl (C=O) groups is 6. The van der Waals surface area contributed by atoms with E-state index in [0.29, 0.717) is 11.1 Å². The molecule has 2 saturated carbocycles. The quantitative estimate of drug-likeness (QED) is 0.122. The van der Waals surface area contributed by atoms with E-state index in [-0.39, 0.29) is 29.7 Å². The van der Waals surface area contributed by atoms with Gasteiger partial charge in [0.15, 0.2) is 23.6 Å². The molecule has 3 aromatic rings. The Balaban J connectivity index is 1.43. The molecule has 0 radical (unpaired) electrons. The number of ether oxygens (including phenoxy) is 6. The average Bonchev–Trinajstić information content (AvgIpc) is 3.26. The first-order chi connectivity index (χ1) is 31.0. The first-order valence-corrected chi connectivity index (χ1v) is 22.2. The normalized spacial score (nSPS) is 30.9. The molecule has 3 N–H and O–H groups in total. The summed E-state index contributed by atoms with van der Waals surface area (Å²) in [7, 11) is 0. The Bertz CT molecular complexity index is 2400. The van der Waals surface area contributed by atoms with E-state index >= 15 is 9.59 Å². The molecule has 15 heteroatoms. The minimum atomic E-state index is -2.37. The van der Waals surface area contributed by atoms with Crippen LogP contribution in [0.1, 0.15) is 107 Å². The second kappa shape index (κ2) is 17.8. The van der Waals surface area contributed by atoms with Gasteiger partial charge in [0.05, 0.1) is 41.3 Å². The van der Waals surface area contributed by atoms with Gasteiger partial charge in [-0.15, -0.1) is 0 Å². The van der Waals surface area contributed by atoms with Crippen LogP contribution in [0, 0.1) is 16.7 Å². The number of rotatable bonds is 11. The number of benzene rings is 3. The number of esters is 4. The zero-order valence-corrected chi connectivity index (χ0v) is 38.7. The Labute approximate surface area is 384 Å². The van der Waals surface area contributed by atoms with E-state index in [4.69, 9.17) is 28.4 Å². The van der Waals surface area contributed by atoms with Gasteiger partial charge in [0.2, 0.25) is 0 Å². The largest absolute Gasteiger partial charge is 0.456 e. The summed E-state index contributed by atoms with van der Waals surface area (Å²) in [6.07, 6.45) is -9.82. The molecule has 352 valence electrons. The molecule has 0 aromatic heterocycles. The van der Waals surface area contributed by atoms with Crippen molar-refractivity contribution in [1.82, 2.24) is 5.32 Å². The lowest BCUT2D eigenvalue weighted by Gasteiger charge is -2.67. The smallest absolute Gasteiger partial charge is 0.338 e. The third kappa shape index (κ3) is 8.46. The number of aliphatic hydroxyl groups excluding tert-OH is 1. The van der Waals surface area contributed by atoms with E-state index in [1.54, 1.807) is 120 Å². The molecule has 66 heavy (non-hydrogen) atoms. The topological polar surface area (TPSA) is 210 Å². The molecule has 11 atom stereocenters. The highest BCUT2D eigenvalue weighted by atomic mass is 16.6. The SMILES string of the molecule is CC(=O)O[C@H]1C(=O)[C@@]2(C)[C@H]([C@H](OC(=O)c3ccccc3)[C@]3(O)C[C@H](OC(=O)[C@H](OC(C)(C)C)[C@@H](NC(=O)c4ccccc4)c4ccccc4)C(C)=C1C3(C)C)[C@]1(OC(C)=O)CO[C@@H]1C[C@@H]2O. The van der Waals surface area contributed by atoms with Crippen LogP contribution < -0.4 is 5.32 Å². The second-order valence-corrected chi connectivity index (χ2v) is 19.6. The Kier molecular flexibility index (Phi) is 13.0. The van der Waals surface area contributed by atoms with Crippen LogP contribution in [-0.4, -0.2) is 106 Å². The van der Waals surface area contributed by atoms with E-state index < -0.39 is 118 Å². The summed E-state index contributed by atoms with van der Waals surface area (Å²) < 4.78 is 37.4. The lowest BCUT2D eigenvalue weighted by Crippen LogP contribution is -2.82.